The molecule has 0 aliphatic carbocycles. The van der Waals surface area contributed by atoms with Crippen LogP contribution in [-0.4, -0.2) is 16.8 Å². The first kappa shape index (κ1) is 15.1. The number of aromatic nitrogens is 2. The van der Waals surface area contributed by atoms with Crippen molar-refractivity contribution in [3.63, 3.8) is 0 Å². The molecule has 3 nitrogen and oxygen atoms in total. The summed E-state index contributed by atoms with van der Waals surface area (Å²) in [5.74, 6) is -1.17. The Labute approximate surface area is 125 Å². The SMILES string of the molecule is CCCn1cc(C(NC)c2c(F)cc(Br)cc2F)cn1. The van der Waals surface area contributed by atoms with Crippen LogP contribution in [0, 0.1) is 11.6 Å². The van der Waals surface area contributed by atoms with Crippen molar-refractivity contribution in [3.05, 3.63) is 51.8 Å². The average Bonchev–Trinajstić information content (AvgIpc) is 2.82. The molecule has 1 unspecified atom stereocenters. The fourth-order valence-corrected chi connectivity index (χ4v) is 2.59. The van der Waals surface area contributed by atoms with Gasteiger partial charge in [-0.15, -0.1) is 0 Å². The molecule has 0 bridgehead atoms. The fourth-order valence-electron chi connectivity index (χ4n) is 2.19. The summed E-state index contributed by atoms with van der Waals surface area (Å²) in [4.78, 5) is 0. The smallest absolute Gasteiger partial charge is 0.132 e. The van der Waals surface area contributed by atoms with Gasteiger partial charge in [-0.25, -0.2) is 8.78 Å². The van der Waals surface area contributed by atoms with E-state index in [0.29, 0.717) is 4.47 Å². The maximum atomic E-state index is 14.1. The maximum Gasteiger partial charge on any atom is 0.132 e. The Morgan fingerprint density at radius 1 is 1.35 bits per heavy atom. The highest BCUT2D eigenvalue weighted by Gasteiger charge is 2.22. The standard InChI is InChI=1S/C14H16BrF2N3/c1-3-4-20-8-9(7-19-20)14(18-2)13-11(16)5-10(15)6-12(13)17/h5-8,14,18H,3-4H2,1-2H3. The first-order chi connectivity index (χ1) is 9.56. The van der Waals surface area contributed by atoms with E-state index in [0.717, 1.165) is 18.5 Å². The third-order valence-corrected chi connectivity index (χ3v) is 3.52. The second-order valence-electron chi connectivity index (χ2n) is 4.54. The van der Waals surface area contributed by atoms with Crippen LogP contribution in [0.4, 0.5) is 8.78 Å². The van der Waals surface area contributed by atoms with Crippen molar-refractivity contribution in [3.8, 4) is 0 Å². The largest absolute Gasteiger partial charge is 0.309 e. The normalized spacial score (nSPS) is 12.7. The van der Waals surface area contributed by atoms with E-state index in [1.165, 1.54) is 12.1 Å². The second-order valence-corrected chi connectivity index (χ2v) is 5.46. The minimum atomic E-state index is -0.584. The van der Waals surface area contributed by atoms with E-state index in [2.05, 4.69) is 26.3 Å². The summed E-state index contributed by atoms with van der Waals surface area (Å²) in [5, 5.41) is 7.14. The number of aryl methyl sites for hydroxylation is 1. The lowest BCUT2D eigenvalue weighted by molar-refractivity contribution is 0.520. The van der Waals surface area contributed by atoms with E-state index in [1.807, 2.05) is 13.1 Å². The monoisotopic (exact) mass is 343 g/mol. The van der Waals surface area contributed by atoms with E-state index >= 15 is 0 Å². The molecule has 0 fully saturated rings. The van der Waals surface area contributed by atoms with Crippen LogP contribution in [0.2, 0.25) is 0 Å². The number of halogens is 3. The summed E-state index contributed by atoms with van der Waals surface area (Å²) >= 11 is 3.08. The molecular weight excluding hydrogens is 328 g/mol. The molecule has 20 heavy (non-hydrogen) atoms. The summed E-state index contributed by atoms with van der Waals surface area (Å²) in [5.41, 5.74) is 0.743. The predicted molar refractivity (Wildman–Crippen MR) is 77.5 cm³/mol. The highest BCUT2D eigenvalue weighted by molar-refractivity contribution is 9.10. The van der Waals surface area contributed by atoms with Gasteiger partial charge in [-0.2, -0.15) is 5.10 Å². The topological polar surface area (TPSA) is 29.9 Å². The molecule has 6 heteroatoms. The van der Waals surface area contributed by atoms with Crippen molar-refractivity contribution in [2.45, 2.75) is 25.9 Å². The van der Waals surface area contributed by atoms with E-state index in [1.54, 1.807) is 17.9 Å². The lowest BCUT2D eigenvalue weighted by Gasteiger charge is -2.17. The zero-order valence-electron chi connectivity index (χ0n) is 11.3. The van der Waals surface area contributed by atoms with Gasteiger partial charge in [0.15, 0.2) is 0 Å². The first-order valence-corrected chi connectivity index (χ1v) is 7.20. The number of hydrogen-bond donors (Lipinski definition) is 1. The van der Waals surface area contributed by atoms with Gasteiger partial charge < -0.3 is 5.32 Å². The maximum absolute atomic E-state index is 14.1. The zero-order valence-corrected chi connectivity index (χ0v) is 12.9. The molecule has 1 heterocycles. The van der Waals surface area contributed by atoms with Crippen LogP contribution in [0.25, 0.3) is 0 Å². The number of nitrogens with one attached hydrogen (secondary N) is 1. The van der Waals surface area contributed by atoms with Crippen LogP contribution < -0.4 is 5.32 Å². The number of nitrogens with zero attached hydrogens (tertiary/aromatic N) is 2. The molecule has 0 saturated heterocycles. The van der Waals surface area contributed by atoms with Crippen LogP contribution >= 0.6 is 15.9 Å². The van der Waals surface area contributed by atoms with E-state index in [-0.39, 0.29) is 5.56 Å². The van der Waals surface area contributed by atoms with Crippen molar-refractivity contribution in [2.75, 3.05) is 7.05 Å². The third kappa shape index (κ3) is 3.07. The van der Waals surface area contributed by atoms with Gasteiger partial charge in [0, 0.05) is 28.3 Å². The van der Waals surface area contributed by atoms with Crippen LogP contribution in [0.15, 0.2) is 29.0 Å². The summed E-state index contributed by atoms with van der Waals surface area (Å²) in [7, 11) is 1.67. The molecule has 2 rings (SSSR count). The van der Waals surface area contributed by atoms with Crippen molar-refractivity contribution >= 4 is 15.9 Å². The molecule has 1 atom stereocenters. The van der Waals surface area contributed by atoms with Gasteiger partial charge in [-0.1, -0.05) is 22.9 Å². The Bertz CT molecular complexity index is 575. The Kier molecular flexibility index (Phi) is 4.88. The number of hydrogen-bond acceptors (Lipinski definition) is 2. The van der Waals surface area contributed by atoms with Gasteiger partial charge in [-0.05, 0) is 25.6 Å². The van der Waals surface area contributed by atoms with Gasteiger partial charge in [0.2, 0.25) is 0 Å². The summed E-state index contributed by atoms with van der Waals surface area (Å²) in [6.07, 6.45) is 4.40. The minimum absolute atomic E-state index is 0.00625. The van der Waals surface area contributed by atoms with Crippen LogP contribution in [-0.2, 0) is 6.54 Å². The van der Waals surface area contributed by atoms with Gasteiger partial charge in [0.1, 0.15) is 11.6 Å². The van der Waals surface area contributed by atoms with Crippen LogP contribution in [0.1, 0.15) is 30.5 Å². The molecule has 0 spiro atoms. The quantitative estimate of drug-likeness (QED) is 0.898. The minimum Gasteiger partial charge on any atom is -0.309 e. The lowest BCUT2D eigenvalue weighted by Crippen LogP contribution is -2.20. The van der Waals surface area contributed by atoms with Gasteiger partial charge in [0.05, 0.1) is 12.2 Å². The first-order valence-electron chi connectivity index (χ1n) is 6.40. The molecule has 0 amide bonds. The highest BCUT2D eigenvalue weighted by Crippen LogP contribution is 2.29. The average molecular weight is 344 g/mol. The van der Waals surface area contributed by atoms with Gasteiger partial charge >= 0.3 is 0 Å². The van der Waals surface area contributed by atoms with E-state index in [9.17, 15) is 8.78 Å². The van der Waals surface area contributed by atoms with E-state index in [4.69, 9.17) is 0 Å². The lowest BCUT2D eigenvalue weighted by atomic mass is 10.0. The molecule has 1 aromatic heterocycles. The molecule has 0 radical (unpaired) electrons. The molecule has 0 aliphatic heterocycles. The summed E-state index contributed by atoms with van der Waals surface area (Å²) < 4.78 is 30.3. The predicted octanol–water partition coefficient (Wildman–Crippen LogP) is 3.64. The van der Waals surface area contributed by atoms with Crippen LogP contribution in [0.3, 0.4) is 0 Å². The Balaban J connectivity index is 2.41. The van der Waals surface area contributed by atoms with Gasteiger partial charge in [0.25, 0.3) is 0 Å². The van der Waals surface area contributed by atoms with Crippen LogP contribution in [0.5, 0.6) is 0 Å². The van der Waals surface area contributed by atoms with Crippen molar-refractivity contribution in [2.24, 2.45) is 0 Å². The number of benzene rings is 1. The Morgan fingerprint density at radius 3 is 2.55 bits per heavy atom. The Hall–Kier alpha value is -1.27. The molecule has 0 saturated carbocycles. The zero-order chi connectivity index (χ0) is 14.7. The molecule has 1 N–H and O–H groups in total. The molecular formula is C14H16BrF2N3. The molecule has 1 aromatic carbocycles. The highest BCUT2D eigenvalue weighted by atomic mass is 79.9. The summed E-state index contributed by atoms with van der Waals surface area (Å²) in [6.45, 7) is 2.83. The third-order valence-electron chi connectivity index (χ3n) is 3.06. The van der Waals surface area contributed by atoms with Gasteiger partial charge in [-0.3, -0.25) is 4.68 Å². The summed E-state index contributed by atoms with van der Waals surface area (Å²) in [6, 6.07) is 1.96. The molecule has 0 aliphatic rings. The second kappa shape index (κ2) is 6.45. The Morgan fingerprint density at radius 2 is 2.00 bits per heavy atom. The molecule has 2 aromatic rings. The molecule has 108 valence electrons. The van der Waals surface area contributed by atoms with Crippen molar-refractivity contribution in [1.82, 2.24) is 15.1 Å². The fraction of sp³-hybridized carbons (Fsp3) is 0.357. The van der Waals surface area contributed by atoms with Crippen molar-refractivity contribution in [1.29, 1.82) is 0 Å². The van der Waals surface area contributed by atoms with Crippen molar-refractivity contribution < 1.29 is 8.78 Å². The van der Waals surface area contributed by atoms with E-state index < -0.39 is 17.7 Å². The number of rotatable bonds is 5.